The number of rotatable bonds is 7. The van der Waals surface area contributed by atoms with Gasteiger partial charge in [-0.2, -0.15) is 0 Å². The largest absolute Gasteiger partial charge is 0.508 e. The highest BCUT2D eigenvalue weighted by Crippen LogP contribution is 2.54. The molecule has 7 heteroatoms. The topological polar surface area (TPSA) is 53.0 Å². The minimum atomic E-state index is -0.326. The number of hydrogen-bond acceptors (Lipinski definition) is 5. The number of thiophene rings is 1. The molecule has 35 heavy (non-hydrogen) atoms. The van der Waals surface area contributed by atoms with E-state index < -0.39 is 0 Å². The molecule has 0 bridgehead atoms. The van der Waals surface area contributed by atoms with Gasteiger partial charge in [-0.15, -0.1) is 11.3 Å². The number of nitrogens with zero attached hydrogens (tertiary/aromatic N) is 2. The van der Waals surface area contributed by atoms with Crippen LogP contribution in [0.5, 0.6) is 5.75 Å². The van der Waals surface area contributed by atoms with Crippen molar-refractivity contribution in [3.63, 3.8) is 0 Å². The Morgan fingerprint density at radius 1 is 1.31 bits per heavy atom. The van der Waals surface area contributed by atoms with Crippen molar-refractivity contribution in [1.82, 2.24) is 9.80 Å². The number of ether oxygens (including phenoxy) is 1. The van der Waals surface area contributed by atoms with E-state index in [0.717, 1.165) is 66.1 Å². The second-order valence-corrected chi connectivity index (χ2v) is 12.5. The molecular weight excluding hydrogens is 524 g/mol. The Kier molecular flexibility index (Phi) is 7.14. The number of aromatic hydroxyl groups is 1. The lowest BCUT2D eigenvalue weighted by Gasteiger charge is -2.60. The van der Waals surface area contributed by atoms with Gasteiger partial charge in [-0.05, 0) is 96.8 Å². The molecule has 1 saturated heterocycles. The Bertz CT molecular complexity index is 1100. The Labute approximate surface area is 220 Å². The van der Waals surface area contributed by atoms with E-state index in [0.29, 0.717) is 5.75 Å². The predicted molar refractivity (Wildman–Crippen MR) is 145 cm³/mol. The normalized spacial score (nSPS) is 29.3. The van der Waals surface area contributed by atoms with E-state index in [1.807, 2.05) is 48.7 Å². The van der Waals surface area contributed by atoms with Crippen LogP contribution in [0.3, 0.4) is 0 Å². The van der Waals surface area contributed by atoms with Crippen LogP contribution in [0.1, 0.15) is 49.0 Å². The highest BCUT2D eigenvalue weighted by molar-refractivity contribution is 9.10. The number of carbonyl (C=O) groups excluding carboxylic acids is 1. The monoisotopic (exact) mass is 558 g/mol. The summed E-state index contributed by atoms with van der Waals surface area (Å²) in [7, 11) is 3.79. The van der Waals surface area contributed by atoms with Gasteiger partial charge in [0.25, 0.3) is 0 Å². The average Bonchev–Trinajstić information content (AvgIpc) is 3.58. The molecule has 5 nitrogen and oxygen atoms in total. The molecule has 0 spiro atoms. The zero-order chi connectivity index (χ0) is 24.6. The number of likely N-dealkylation sites (tertiary alicyclic amines) is 1. The number of piperidine rings is 1. The van der Waals surface area contributed by atoms with E-state index in [2.05, 4.69) is 26.9 Å². The van der Waals surface area contributed by atoms with Crippen LogP contribution in [-0.4, -0.2) is 66.2 Å². The van der Waals surface area contributed by atoms with Crippen molar-refractivity contribution in [2.75, 3.05) is 33.8 Å². The summed E-state index contributed by atoms with van der Waals surface area (Å²) in [5.74, 6) is 1.16. The van der Waals surface area contributed by atoms with Gasteiger partial charge >= 0.3 is 0 Å². The van der Waals surface area contributed by atoms with Gasteiger partial charge in [-0.25, -0.2) is 0 Å². The lowest BCUT2D eigenvalue weighted by atomic mass is 9.55. The lowest BCUT2D eigenvalue weighted by Crippen LogP contribution is -2.68. The van der Waals surface area contributed by atoms with Gasteiger partial charge in [-0.1, -0.05) is 12.1 Å². The van der Waals surface area contributed by atoms with Gasteiger partial charge in [0.05, 0.1) is 5.60 Å². The van der Waals surface area contributed by atoms with E-state index in [9.17, 15) is 9.90 Å². The third-order valence-corrected chi connectivity index (χ3v) is 10.2. The molecule has 188 valence electrons. The zero-order valence-corrected chi connectivity index (χ0v) is 23.0. The number of amides is 1. The smallest absolute Gasteiger partial charge is 0.246 e. The molecule has 1 amide bonds. The summed E-state index contributed by atoms with van der Waals surface area (Å²) < 4.78 is 7.50. The maximum absolute atomic E-state index is 13.2. The summed E-state index contributed by atoms with van der Waals surface area (Å²) >= 11 is 5.09. The van der Waals surface area contributed by atoms with E-state index in [1.165, 1.54) is 12.8 Å². The Morgan fingerprint density at radius 2 is 2.14 bits per heavy atom. The molecule has 0 unspecified atom stereocenters. The van der Waals surface area contributed by atoms with Crippen LogP contribution in [-0.2, 0) is 14.9 Å². The van der Waals surface area contributed by atoms with Gasteiger partial charge < -0.3 is 19.6 Å². The van der Waals surface area contributed by atoms with Crippen LogP contribution in [0.2, 0.25) is 0 Å². The number of benzene rings is 1. The molecule has 2 saturated carbocycles. The first-order chi connectivity index (χ1) is 16.8. The van der Waals surface area contributed by atoms with Crippen LogP contribution >= 0.6 is 27.3 Å². The van der Waals surface area contributed by atoms with Gasteiger partial charge in [0.15, 0.2) is 0 Å². The Balaban J connectivity index is 1.42. The van der Waals surface area contributed by atoms with Crippen molar-refractivity contribution in [3.05, 3.63) is 56.7 Å². The zero-order valence-electron chi connectivity index (χ0n) is 20.6. The maximum atomic E-state index is 13.2. The number of halogens is 1. The number of phenolic OH excluding ortho intramolecular Hbond substituents is 1. The Hall–Kier alpha value is -1.67. The highest BCUT2D eigenvalue weighted by Gasteiger charge is 2.59. The quantitative estimate of drug-likeness (QED) is 0.444. The van der Waals surface area contributed by atoms with Crippen molar-refractivity contribution in [3.8, 4) is 5.75 Å². The summed E-state index contributed by atoms with van der Waals surface area (Å²) in [5, 5.41) is 12.4. The molecule has 2 heterocycles. The van der Waals surface area contributed by atoms with Crippen LogP contribution in [0.4, 0.5) is 0 Å². The molecule has 1 aromatic heterocycles. The van der Waals surface area contributed by atoms with Gasteiger partial charge in [0, 0.05) is 59.5 Å². The first-order valence-corrected chi connectivity index (χ1v) is 14.3. The van der Waals surface area contributed by atoms with E-state index >= 15 is 0 Å². The predicted octanol–water partition coefficient (Wildman–Crippen LogP) is 5.68. The third kappa shape index (κ3) is 4.97. The summed E-state index contributed by atoms with van der Waals surface area (Å²) in [6, 6.07) is 9.88. The fourth-order valence-electron chi connectivity index (χ4n) is 6.39. The van der Waals surface area contributed by atoms with Crippen molar-refractivity contribution in [2.45, 2.75) is 55.6 Å². The molecule has 2 aliphatic carbocycles. The molecule has 2 aromatic rings. The highest BCUT2D eigenvalue weighted by atomic mass is 79.9. The fourth-order valence-corrected chi connectivity index (χ4v) is 7.73. The summed E-state index contributed by atoms with van der Waals surface area (Å²) in [6.45, 7) is 3.09. The molecule has 1 N–H and O–H groups in total. The molecule has 3 atom stereocenters. The van der Waals surface area contributed by atoms with Gasteiger partial charge in [0.1, 0.15) is 5.75 Å². The minimum Gasteiger partial charge on any atom is -0.508 e. The number of carbonyl (C=O) groups is 1. The van der Waals surface area contributed by atoms with Gasteiger partial charge in [-0.3, -0.25) is 4.79 Å². The van der Waals surface area contributed by atoms with E-state index in [-0.39, 0.29) is 23.0 Å². The van der Waals surface area contributed by atoms with E-state index in [4.69, 9.17) is 4.74 Å². The molecule has 5 rings (SSSR count). The maximum Gasteiger partial charge on any atom is 0.246 e. The first-order valence-electron chi connectivity index (χ1n) is 12.6. The number of hydrogen-bond donors (Lipinski definition) is 1. The SMILES string of the molecule is CO[C@]12CC[C@@H](N(C)C(=O)/C=C/c3cc(Br)cs3)C[C@]1(c1cccc(O)c1)CCN(CC1CC1)C2. The molecule has 3 aliphatic rings. The fraction of sp³-hybridized carbons (Fsp3) is 0.536. The molecule has 1 aromatic carbocycles. The van der Waals surface area contributed by atoms with Crippen LogP contribution < -0.4 is 0 Å². The van der Waals surface area contributed by atoms with E-state index in [1.54, 1.807) is 23.5 Å². The standard InChI is InChI=1S/C28H35BrN2O3S/c1-30(26(33)9-8-25-15-22(29)18-35-25)23-10-11-28(34-2)19-31(17-20-6-7-20)13-12-27(28,16-23)21-4-3-5-24(32)14-21/h3-5,8-9,14-15,18,20,23,32H,6-7,10-13,16-17,19H2,1-2H3/b9-8+/t23-,27+,28+/m1/s1. The summed E-state index contributed by atoms with van der Waals surface area (Å²) in [5.41, 5.74) is 0.559. The molecule has 1 aliphatic heterocycles. The second-order valence-electron chi connectivity index (χ2n) is 10.6. The molecular formula is C28H35BrN2O3S. The number of likely N-dealkylation sites (N-methyl/N-ethyl adjacent to an activating group) is 1. The van der Waals surface area contributed by atoms with Crippen molar-refractivity contribution in [1.29, 1.82) is 0 Å². The van der Waals surface area contributed by atoms with Crippen molar-refractivity contribution in [2.24, 2.45) is 5.92 Å². The number of methoxy groups -OCH3 is 1. The van der Waals surface area contributed by atoms with Crippen molar-refractivity contribution < 1.29 is 14.6 Å². The average molecular weight is 560 g/mol. The third-order valence-electron chi connectivity index (χ3n) is 8.55. The van der Waals surface area contributed by atoms with Crippen LogP contribution in [0, 0.1) is 5.92 Å². The van der Waals surface area contributed by atoms with Crippen molar-refractivity contribution >= 4 is 39.2 Å². The Morgan fingerprint density at radius 3 is 2.83 bits per heavy atom. The first kappa shape index (κ1) is 25.0. The number of fused-ring (bicyclic) bond motifs is 1. The van der Waals surface area contributed by atoms with Gasteiger partial charge in [0.2, 0.25) is 5.91 Å². The summed E-state index contributed by atoms with van der Waals surface area (Å²) in [4.78, 5) is 18.7. The number of phenols is 1. The molecule has 0 radical (unpaired) electrons. The van der Waals surface area contributed by atoms with Crippen LogP contribution in [0.15, 0.2) is 46.3 Å². The lowest BCUT2D eigenvalue weighted by molar-refractivity contribution is -0.159. The summed E-state index contributed by atoms with van der Waals surface area (Å²) in [6.07, 6.45) is 9.89. The molecule has 3 fully saturated rings. The minimum absolute atomic E-state index is 0.0293. The second kappa shape index (κ2) is 10.0. The van der Waals surface area contributed by atoms with Crippen LogP contribution in [0.25, 0.3) is 6.08 Å².